The minimum absolute atomic E-state index is 0.136. The van der Waals surface area contributed by atoms with E-state index in [9.17, 15) is 2.74 Å². The average Bonchev–Trinajstić information content (AvgIpc) is 3.81. The summed E-state index contributed by atoms with van der Waals surface area (Å²) in [5, 5.41) is 8.04. The van der Waals surface area contributed by atoms with Gasteiger partial charge in [-0.3, -0.25) is 0 Å². The summed E-state index contributed by atoms with van der Waals surface area (Å²) in [5.74, 6) is 0. The van der Waals surface area contributed by atoms with Gasteiger partial charge in [0.05, 0.1) is 39.0 Å². The van der Waals surface area contributed by atoms with Crippen molar-refractivity contribution >= 4 is 82.4 Å². The number of rotatable bonds is 5. The Labute approximate surface area is 311 Å². The molecule has 248 valence electrons. The van der Waals surface area contributed by atoms with Gasteiger partial charge in [-0.25, -0.2) is 0 Å². The summed E-state index contributed by atoms with van der Waals surface area (Å²) >= 11 is 0. The topological polar surface area (TPSA) is 21.3 Å². The van der Waals surface area contributed by atoms with Gasteiger partial charge in [0.25, 0.3) is 0 Å². The fourth-order valence-corrected chi connectivity index (χ4v) is 8.19. The van der Waals surface area contributed by atoms with E-state index in [1.165, 1.54) is 0 Å². The first-order chi connectivity index (χ1) is 28.0. The Bertz CT molecular complexity index is 3380. The number of benzene rings is 9. The molecular formula is C50H32N2O. The van der Waals surface area contributed by atoms with Crippen molar-refractivity contribution in [3.63, 3.8) is 0 Å². The summed E-state index contributed by atoms with van der Waals surface area (Å²) in [7, 11) is 0. The molecule has 0 N–H and O–H groups in total. The van der Waals surface area contributed by atoms with Crippen LogP contribution in [0.15, 0.2) is 198 Å². The Balaban J connectivity index is 1.29. The fraction of sp³-hybridized carbons (Fsp3) is 0. The second kappa shape index (κ2) is 11.7. The maximum atomic E-state index is 9.82. The predicted octanol–water partition coefficient (Wildman–Crippen LogP) is 14.1. The Morgan fingerprint density at radius 3 is 1.94 bits per heavy atom. The molecule has 0 bridgehead atoms. The minimum atomic E-state index is -0.315. The van der Waals surface area contributed by atoms with Gasteiger partial charge in [-0.15, -0.1) is 0 Å². The molecule has 0 aliphatic carbocycles. The van der Waals surface area contributed by atoms with Gasteiger partial charge in [0.15, 0.2) is 0 Å². The molecule has 11 aromatic rings. The number of nitrogens with zero attached hydrogens (tertiary/aromatic N) is 2. The molecule has 2 heterocycles. The molecule has 0 unspecified atom stereocenters. The van der Waals surface area contributed by atoms with E-state index in [2.05, 4.69) is 84.9 Å². The number of para-hydroxylation sites is 4. The molecule has 0 saturated heterocycles. The molecule has 9 aromatic carbocycles. The predicted molar refractivity (Wildman–Crippen MR) is 223 cm³/mol. The highest BCUT2D eigenvalue weighted by Crippen LogP contribution is 2.47. The highest BCUT2D eigenvalue weighted by molar-refractivity contribution is 6.20. The molecule has 53 heavy (non-hydrogen) atoms. The molecule has 2 aromatic heterocycles. The van der Waals surface area contributed by atoms with Crippen LogP contribution < -0.4 is 4.90 Å². The van der Waals surface area contributed by atoms with Crippen molar-refractivity contribution in [3.05, 3.63) is 194 Å². The normalized spacial score (nSPS) is 12.8. The number of hydrogen-bond donors (Lipinski definition) is 0. The number of anilines is 3. The van der Waals surface area contributed by atoms with Crippen molar-refractivity contribution in [1.82, 2.24) is 4.57 Å². The molecule has 0 saturated carbocycles. The lowest BCUT2D eigenvalue weighted by molar-refractivity contribution is 0.672. The van der Waals surface area contributed by atoms with Crippen molar-refractivity contribution in [1.29, 1.82) is 0 Å². The molecule has 3 nitrogen and oxygen atoms in total. The van der Waals surface area contributed by atoms with Gasteiger partial charge in [-0.1, -0.05) is 139 Å². The first kappa shape index (κ1) is 25.8. The zero-order valence-corrected chi connectivity index (χ0v) is 28.5. The average molecular weight is 681 g/mol. The fourth-order valence-electron chi connectivity index (χ4n) is 8.19. The van der Waals surface area contributed by atoms with Crippen molar-refractivity contribution in [2.75, 3.05) is 4.90 Å². The lowest BCUT2D eigenvalue weighted by atomic mass is 9.97. The van der Waals surface area contributed by atoms with Crippen LogP contribution in [0.2, 0.25) is 0 Å². The SMILES string of the molecule is [2H]c1c([2H])c([2H])c(-n2c3ccccc3c3ccccc32)c(N(c2cccc(-c3cccc4ccccc34)c2)c2cccc3oc4c5ccccc5ccc4c23)c1[2H]. The van der Waals surface area contributed by atoms with Crippen LogP contribution in [0.5, 0.6) is 0 Å². The number of furan rings is 1. The van der Waals surface area contributed by atoms with E-state index in [-0.39, 0.29) is 24.2 Å². The summed E-state index contributed by atoms with van der Waals surface area (Å²) in [6.45, 7) is 0. The highest BCUT2D eigenvalue weighted by atomic mass is 16.3. The van der Waals surface area contributed by atoms with E-state index in [4.69, 9.17) is 7.16 Å². The lowest BCUT2D eigenvalue weighted by Gasteiger charge is -2.29. The summed E-state index contributed by atoms with van der Waals surface area (Å²) < 4.78 is 46.4. The van der Waals surface area contributed by atoms with Gasteiger partial charge in [-0.2, -0.15) is 0 Å². The number of hydrogen-bond acceptors (Lipinski definition) is 2. The Morgan fingerprint density at radius 2 is 1.13 bits per heavy atom. The minimum Gasteiger partial charge on any atom is -0.455 e. The number of aromatic nitrogens is 1. The molecular weight excluding hydrogens is 645 g/mol. The first-order valence-electron chi connectivity index (χ1n) is 19.8. The summed E-state index contributed by atoms with van der Waals surface area (Å²) in [4.78, 5) is 2.01. The van der Waals surface area contributed by atoms with E-state index in [0.29, 0.717) is 17.0 Å². The van der Waals surface area contributed by atoms with Crippen molar-refractivity contribution in [3.8, 4) is 16.8 Å². The largest absolute Gasteiger partial charge is 0.455 e. The lowest BCUT2D eigenvalue weighted by Crippen LogP contribution is -2.13. The van der Waals surface area contributed by atoms with Crippen LogP contribution >= 0.6 is 0 Å². The monoisotopic (exact) mass is 680 g/mol. The maximum absolute atomic E-state index is 9.82. The van der Waals surface area contributed by atoms with E-state index >= 15 is 0 Å². The summed E-state index contributed by atoms with van der Waals surface area (Å²) in [6.07, 6.45) is 0. The molecule has 0 radical (unpaired) electrons. The van der Waals surface area contributed by atoms with Gasteiger partial charge in [0, 0.05) is 27.2 Å². The Kier molecular flexibility index (Phi) is 5.71. The van der Waals surface area contributed by atoms with Crippen LogP contribution in [-0.2, 0) is 0 Å². The first-order valence-corrected chi connectivity index (χ1v) is 17.8. The molecule has 11 rings (SSSR count). The second-order valence-corrected chi connectivity index (χ2v) is 13.4. The van der Waals surface area contributed by atoms with Crippen molar-refractivity contribution < 1.29 is 9.90 Å². The van der Waals surface area contributed by atoms with Crippen molar-refractivity contribution in [2.45, 2.75) is 0 Å². The second-order valence-electron chi connectivity index (χ2n) is 13.4. The van der Waals surface area contributed by atoms with Crippen LogP contribution in [0, 0.1) is 0 Å². The third kappa shape index (κ3) is 4.54. The molecule has 0 aliphatic rings. The van der Waals surface area contributed by atoms with Gasteiger partial charge >= 0.3 is 0 Å². The van der Waals surface area contributed by atoms with Crippen LogP contribution in [-0.4, -0.2) is 4.57 Å². The summed E-state index contributed by atoms with van der Waals surface area (Å²) in [6, 6.07) is 56.4. The quantitative estimate of drug-likeness (QED) is 0.180. The smallest absolute Gasteiger partial charge is 0.143 e. The molecule has 0 aliphatic heterocycles. The van der Waals surface area contributed by atoms with Crippen LogP contribution in [0.1, 0.15) is 5.48 Å². The van der Waals surface area contributed by atoms with E-state index < -0.39 is 0 Å². The van der Waals surface area contributed by atoms with Gasteiger partial charge < -0.3 is 13.9 Å². The van der Waals surface area contributed by atoms with Crippen LogP contribution in [0.3, 0.4) is 0 Å². The van der Waals surface area contributed by atoms with Crippen molar-refractivity contribution in [2.24, 2.45) is 0 Å². The van der Waals surface area contributed by atoms with Crippen LogP contribution in [0.4, 0.5) is 17.1 Å². The van der Waals surface area contributed by atoms with Crippen LogP contribution in [0.25, 0.3) is 82.1 Å². The van der Waals surface area contributed by atoms with E-state index in [1.807, 2.05) is 94.4 Å². The molecule has 0 atom stereocenters. The van der Waals surface area contributed by atoms with E-state index in [1.54, 1.807) is 0 Å². The van der Waals surface area contributed by atoms with E-state index in [0.717, 1.165) is 82.2 Å². The Hall–Kier alpha value is -7.10. The summed E-state index contributed by atoms with van der Waals surface area (Å²) in [5.41, 5.74) is 7.29. The van der Waals surface area contributed by atoms with Gasteiger partial charge in [0.2, 0.25) is 0 Å². The zero-order chi connectivity index (χ0) is 38.4. The standard InChI is InChI=1S/C50H32N2O/c1-3-19-37-33(14-1)16-12-23-38(37)35-17-11-18-36(32-35)51(47-28-13-29-48-49(47)42-31-30-34-15-2-4-20-39(34)50(42)53-48)45-26-9-10-27-46(45)52-43-24-7-5-21-40(43)41-22-6-8-25-44(41)52/h1-32H/i9D,10D,26D,27D. The third-order valence-electron chi connectivity index (χ3n) is 10.5. The molecule has 0 spiro atoms. The zero-order valence-electron chi connectivity index (χ0n) is 32.5. The van der Waals surface area contributed by atoms with Gasteiger partial charge in [0.1, 0.15) is 11.2 Å². The molecule has 0 fully saturated rings. The Morgan fingerprint density at radius 1 is 0.491 bits per heavy atom. The molecule has 0 amide bonds. The highest BCUT2D eigenvalue weighted by Gasteiger charge is 2.24. The number of fused-ring (bicyclic) bond motifs is 9. The third-order valence-corrected chi connectivity index (χ3v) is 10.5. The molecule has 3 heteroatoms. The van der Waals surface area contributed by atoms with Gasteiger partial charge in [-0.05, 0) is 81.8 Å². The maximum Gasteiger partial charge on any atom is 0.143 e.